The summed E-state index contributed by atoms with van der Waals surface area (Å²) < 4.78 is 5.81. The number of aromatic nitrogens is 1. The van der Waals surface area contributed by atoms with Crippen LogP contribution in [0.3, 0.4) is 0 Å². The number of aliphatic hydroxyl groups excluding tert-OH is 1. The maximum Gasteiger partial charge on any atom is 0.147 e. The molecule has 1 aromatic heterocycles. The molecule has 3 heterocycles. The molecule has 0 aliphatic carbocycles. The predicted molar refractivity (Wildman–Crippen MR) is 92.0 cm³/mol. The average molecular weight is 340 g/mol. The minimum atomic E-state index is 0.209. The molecule has 1 aromatic rings. The Kier molecular flexibility index (Phi) is 5.42. The second-order valence-electron chi connectivity index (χ2n) is 6.89. The lowest BCUT2D eigenvalue weighted by molar-refractivity contribution is -0.0725. The van der Waals surface area contributed by atoms with Crippen molar-refractivity contribution in [2.24, 2.45) is 11.8 Å². The van der Waals surface area contributed by atoms with Crippen LogP contribution in [-0.2, 0) is 4.74 Å². The van der Waals surface area contributed by atoms with Gasteiger partial charge in [0.15, 0.2) is 0 Å². The summed E-state index contributed by atoms with van der Waals surface area (Å²) in [7, 11) is 0. The number of pyridine rings is 1. The molecule has 2 aliphatic rings. The molecular formula is C17H26ClN3O2. The third kappa shape index (κ3) is 3.97. The van der Waals surface area contributed by atoms with E-state index in [1.165, 1.54) is 0 Å². The van der Waals surface area contributed by atoms with E-state index >= 15 is 0 Å². The fourth-order valence-electron chi connectivity index (χ4n) is 3.90. The second kappa shape index (κ2) is 7.34. The number of rotatable bonds is 4. The van der Waals surface area contributed by atoms with Crippen LogP contribution in [0.5, 0.6) is 0 Å². The lowest BCUT2D eigenvalue weighted by Gasteiger charge is -2.37. The Morgan fingerprint density at radius 1 is 1.22 bits per heavy atom. The lowest BCUT2D eigenvalue weighted by Crippen LogP contribution is -2.48. The van der Waals surface area contributed by atoms with Gasteiger partial charge >= 0.3 is 0 Å². The third-order valence-electron chi connectivity index (χ3n) is 4.84. The molecule has 0 spiro atoms. The SMILES string of the molecule is C[C@@H]1CN(C[C@@H]2CN(c3ncccc3Cl)C[C@@H]2CO)C[C@H](C)O1. The van der Waals surface area contributed by atoms with Crippen LogP contribution in [0.4, 0.5) is 5.82 Å². The van der Waals surface area contributed by atoms with Crippen molar-refractivity contribution in [3.63, 3.8) is 0 Å². The normalized spacial score (nSPS) is 32.4. The number of hydrogen-bond acceptors (Lipinski definition) is 5. The summed E-state index contributed by atoms with van der Waals surface area (Å²) in [5.74, 6) is 1.52. The molecule has 3 rings (SSSR count). The standard InChI is InChI=1S/C17H26ClN3O2/c1-12-6-20(7-13(2)23-12)8-14-9-21(10-15(14)11-22)17-16(18)4-3-5-19-17/h3-5,12-15,22H,6-11H2,1-2H3/t12-,13+,14-,15-/m1/s1. The fraction of sp³-hybridized carbons (Fsp3) is 0.706. The molecule has 0 bridgehead atoms. The van der Waals surface area contributed by atoms with Crippen molar-refractivity contribution < 1.29 is 9.84 Å². The fourth-order valence-corrected chi connectivity index (χ4v) is 4.14. The minimum absolute atomic E-state index is 0.209. The van der Waals surface area contributed by atoms with Crippen molar-refractivity contribution in [3.8, 4) is 0 Å². The molecule has 1 N–H and O–H groups in total. The molecule has 0 unspecified atom stereocenters. The molecule has 0 aromatic carbocycles. The number of nitrogens with zero attached hydrogens (tertiary/aromatic N) is 3. The summed E-state index contributed by atoms with van der Waals surface area (Å²) in [6, 6.07) is 3.72. The molecular weight excluding hydrogens is 314 g/mol. The molecule has 23 heavy (non-hydrogen) atoms. The first-order valence-electron chi connectivity index (χ1n) is 8.41. The van der Waals surface area contributed by atoms with Crippen molar-refractivity contribution in [1.29, 1.82) is 0 Å². The second-order valence-corrected chi connectivity index (χ2v) is 7.30. The first kappa shape index (κ1) is 17.0. The van der Waals surface area contributed by atoms with Gasteiger partial charge in [0, 0.05) is 51.4 Å². The highest BCUT2D eigenvalue weighted by Crippen LogP contribution is 2.32. The van der Waals surface area contributed by atoms with Gasteiger partial charge in [-0.05, 0) is 31.9 Å². The topological polar surface area (TPSA) is 48.8 Å². The summed E-state index contributed by atoms with van der Waals surface area (Å²) >= 11 is 6.28. The van der Waals surface area contributed by atoms with E-state index in [2.05, 4.69) is 28.6 Å². The van der Waals surface area contributed by atoms with Crippen LogP contribution >= 0.6 is 11.6 Å². The van der Waals surface area contributed by atoms with Crippen molar-refractivity contribution in [2.45, 2.75) is 26.1 Å². The third-order valence-corrected chi connectivity index (χ3v) is 5.13. The Bertz CT molecular complexity index is 520. The molecule has 0 radical (unpaired) electrons. The van der Waals surface area contributed by atoms with Gasteiger partial charge in [-0.2, -0.15) is 0 Å². The Labute approximate surface area is 143 Å². The Hall–Kier alpha value is -0.880. The Morgan fingerprint density at radius 3 is 2.57 bits per heavy atom. The first-order chi connectivity index (χ1) is 11.1. The number of anilines is 1. The number of halogens is 1. The van der Waals surface area contributed by atoms with Gasteiger partial charge in [-0.15, -0.1) is 0 Å². The average Bonchev–Trinajstić information content (AvgIpc) is 2.89. The van der Waals surface area contributed by atoms with E-state index in [1.807, 2.05) is 12.1 Å². The zero-order chi connectivity index (χ0) is 16.4. The van der Waals surface area contributed by atoms with E-state index in [0.29, 0.717) is 10.9 Å². The van der Waals surface area contributed by atoms with Crippen LogP contribution in [0.2, 0.25) is 5.02 Å². The molecule has 2 saturated heterocycles. The summed E-state index contributed by atoms with van der Waals surface area (Å²) in [5, 5.41) is 10.5. The van der Waals surface area contributed by atoms with Gasteiger partial charge in [-0.1, -0.05) is 11.6 Å². The van der Waals surface area contributed by atoms with Gasteiger partial charge in [-0.3, -0.25) is 4.90 Å². The van der Waals surface area contributed by atoms with Crippen molar-refractivity contribution in [2.75, 3.05) is 44.2 Å². The summed E-state index contributed by atoms with van der Waals surface area (Å²) in [6.45, 7) is 9.08. The molecule has 0 saturated carbocycles. The smallest absolute Gasteiger partial charge is 0.147 e. The highest BCUT2D eigenvalue weighted by Gasteiger charge is 2.36. The van der Waals surface area contributed by atoms with Crippen LogP contribution in [0, 0.1) is 11.8 Å². The predicted octanol–water partition coefficient (Wildman–Crippen LogP) is 1.89. The van der Waals surface area contributed by atoms with Crippen LogP contribution < -0.4 is 4.90 Å². The van der Waals surface area contributed by atoms with E-state index in [9.17, 15) is 5.11 Å². The van der Waals surface area contributed by atoms with E-state index in [1.54, 1.807) is 6.20 Å². The summed E-state index contributed by atoms with van der Waals surface area (Å²) in [5.41, 5.74) is 0. The molecule has 6 heteroatoms. The summed E-state index contributed by atoms with van der Waals surface area (Å²) in [6.07, 6.45) is 2.32. The van der Waals surface area contributed by atoms with Crippen molar-refractivity contribution >= 4 is 17.4 Å². The molecule has 128 valence electrons. The molecule has 2 fully saturated rings. The van der Waals surface area contributed by atoms with Gasteiger partial charge < -0.3 is 14.7 Å². The zero-order valence-corrected chi connectivity index (χ0v) is 14.6. The van der Waals surface area contributed by atoms with E-state index in [0.717, 1.165) is 38.5 Å². The van der Waals surface area contributed by atoms with Crippen LogP contribution in [0.15, 0.2) is 18.3 Å². The lowest BCUT2D eigenvalue weighted by atomic mass is 9.96. The molecule has 5 nitrogen and oxygen atoms in total. The maximum absolute atomic E-state index is 9.78. The first-order valence-corrected chi connectivity index (χ1v) is 8.78. The molecule has 2 aliphatic heterocycles. The zero-order valence-electron chi connectivity index (χ0n) is 13.9. The molecule has 0 amide bonds. The monoisotopic (exact) mass is 339 g/mol. The largest absolute Gasteiger partial charge is 0.396 e. The van der Waals surface area contributed by atoms with E-state index in [-0.39, 0.29) is 24.7 Å². The Balaban J connectivity index is 1.66. The number of morpholine rings is 1. The van der Waals surface area contributed by atoms with Crippen molar-refractivity contribution in [1.82, 2.24) is 9.88 Å². The van der Waals surface area contributed by atoms with Gasteiger partial charge in [0.05, 0.1) is 17.2 Å². The minimum Gasteiger partial charge on any atom is -0.396 e. The number of hydrogen-bond donors (Lipinski definition) is 1. The van der Waals surface area contributed by atoms with Crippen LogP contribution in [-0.4, -0.2) is 66.5 Å². The highest BCUT2D eigenvalue weighted by molar-refractivity contribution is 6.32. The highest BCUT2D eigenvalue weighted by atomic mass is 35.5. The van der Waals surface area contributed by atoms with Crippen LogP contribution in [0.1, 0.15) is 13.8 Å². The van der Waals surface area contributed by atoms with Gasteiger partial charge in [0.25, 0.3) is 0 Å². The van der Waals surface area contributed by atoms with E-state index in [4.69, 9.17) is 16.3 Å². The van der Waals surface area contributed by atoms with Crippen LogP contribution in [0.25, 0.3) is 0 Å². The Morgan fingerprint density at radius 2 is 1.91 bits per heavy atom. The van der Waals surface area contributed by atoms with Gasteiger partial charge in [-0.25, -0.2) is 4.98 Å². The molecule has 4 atom stereocenters. The number of ether oxygens (including phenoxy) is 1. The van der Waals surface area contributed by atoms with Crippen molar-refractivity contribution in [3.05, 3.63) is 23.4 Å². The van der Waals surface area contributed by atoms with E-state index < -0.39 is 0 Å². The summed E-state index contributed by atoms with van der Waals surface area (Å²) in [4.78, 5) is 9.09. The maximum atomic E-state index is 9.78. The van der Waals surface area contributed by atoms with Gasteiger partial charge in [0.1, 0.15) is 5.82 Å². The number of aliphatic hydroxyl groups is 1. The van der Waals surface area contributed by atoms with Gasteiger partial charge in [0.2, 0.25) is 0 Å². The quantitative estimate of drug-likeness (QED) is 0.907.